The van der Waals surface area contributed by atoms with E-state index >= 15 is 0 Å². The van der Waals surface area contributed by atoms with Crippen LogP contribution in [0.2, 0.25) is 0 Å². The molecule has 0 saturated carbocycles. The molecule has 1 aromatic rings. The molecule has 78 valence electrons. The third kappa shape index (κ3) is 3.60. The average molecular weight is 210 g/mol. The van der Waals surface area contributed by atoms with E-state index in [0.29, 0.717) is 6.04 Å². The maximum absolute atomic E-state index is 4.23. The molecule has 0 fully saturated rings. The van der Waals surface area contributed by atoms with Crippen LogP contribution in [0.3, 0.4) is 0 Å². The number of aryl methyl sites for hydroxylation is 1. The number of aromatic nitrogens is 1. The number of nitrogens with one attached hydrogen (secondary N) is 1. The van der Waals surface area contributed by atoms with Gasteiger partial charge in [0.25, 0.3) is 0 Å². The van der Waals surface area contributed by atoms with Gasteiger partial charge in [-0.2, -0.15) is 0 Å². The molecule has 0 aromatic carbocycles. The Labute approximate surface area is 90.1 Å². The van der Waals surface area contributed by atoms with Gasteiger partial charge in [0, 0.05) is 17.5 Å². The first-order valence-corrected chi connectivity index (χ1v) is 5.85. The third-order valence-electron chi connectivity index (χ3n) is 2.21. The topological polar surface area (TPSA) is 24.9 Å². The lowest BCUT2D eigenvalue weighted by Gasteiger charge is -2.10. The first-order valence-electron chi connectivity index (χ1n) is 4.97. The fourth-order valence-electron chi connectivity index (χ4n) is 1.33. The van der Waals surface area contributed by atoms with Gasteiger partial charge in [-0.1, -0.05) is 6.08 Å². The highest BCUT2D eigenvalue weighted by atomic mass is 32.1. The normalized spacial score (nSPS) is 12.7. The minimum absolute atomic E-state index is 0.528. The van der Waals surface area contributed by atoms with E-state index in [1.165, 1.54) is 10.6 Å². The van der Waals surface area contributed by atoms with Gasteiger partial charge in [-0.3, -0.25) is 0 Å². The summed E-state index contributed by atoms with van der Waals surface area (Å²) in [7, 11) is 0. The fraction of sp³-hybridized carbons (Fsp3) is 0.545. The Balaban J connectivity index is 2.22. The highest BCUT2D eigenvalue weighted by Crippen LogP contribution is 2.11. The Bertz CT molecular complexity index is 281. The van der Waals surface area contributed by atoms with Crippen LogP contribution in [0.4, 0.5) is 0 Å². The number of nitrogens with zero attached hydrogens (tertiary/aromatic N) is 1. The molecular weight excluding hydrogens is 192 g/mol. The highest BCUT2D eigenvalue weighted by Gasteiger charge is 2.02. The van der Waals surface area contributed by atoms with E-state index in [4.69, 9.17) is 0 Å². The zero-order chi connectivity index (χ0) is 10.4. The van der Waals surface area contributed by atoms with Crippen molar-refractivity contribution in [2.45, 2.75) is 32.7 Å². The molecule has 0 saturated heterocycles. The SMILES string of the molecule is C=CCC(C)NCCc1scnc1C. The molecule has 2 nitrogen and oxygen atoms in total. The number of hydrogen-bond donors (Lipinski definition) is 1. The molecule has 1 N–H and O–H groups in total. The molecule has 3 heteroatoms. The maximum atomic E-state index is 4.23. The Morgan fingerprint density at radius 1 is 1.71 bits per heavy atom. The first kappa shape index (κ1) is 11.4. The molecule has 0 aliphatic rings. The van der Waals surface area contributed by atoms with E-state index in [9.17, 15) is 0 Å². The van der Waals surface area contributed by atoms with Crippen LogP contribution >= 0.6 is 11.3 Å². The summed E-state index contributed by atoms with van der Waals surface area (Å²) in [5.41, 5.74) is 3.09. The smallest absolute Gasteiger partial charge is 0.0797 e. The van der Waals surface area contributed by atoms with Crippen molar-refractivity contribution >= 4 is 11.3 Å². The molecule has 0 amide bonds. The molecule has 0 aliphatic carbocycles. The van der Waals surface area contributed by atoms with E-state index in [1.54, 1.807) is 11.3 Å². The van der Waals surface area contributed by atoms with Crippen LogP contribution in [0.1, 0.15) is 23.9 Å². The van der Waals surface area contributed by atoms with Gasteiger partial charge in [0.2, 0.25) is 0 Å². The molecule has 0 aliphatic heterocycles. The third-order valence-corrected chi connectivity index (χ3v) is 3.20. The van der Waals surface area contributed by atoms with Gasteiger partial charge in [0.05, 0.1) is 11.2 Å². The predicted molar refractivity (Wildman–Crippen MR) is 62.8 cm³/mol. The molecule has 1 aromatic heterocycles. The van der Waals surface area contributed by atoms with Gasteiger partial charge in [-0.15, -0.1) is 17.9 Å². The molecule has 14 heavy (non-hydrogen) atoms. The van der Waals surface area contributed by atoms with E-state index in [1.807, 2.05) is 11.6 Å². The van der Waals surface area contributed by atoms with Gasteiger partial charge in [0.1, 0.15) is 0 Å². The van der Waals surface area contributed by atoms with Crippen LogP contribution in [0.15, 0.2) is 18.2 Å². The van der Waals surface area contributed by atoms with Crippen molar-refractivity contribution in [2.24, 2.45) is 0 Å². The molecule has 0 bridgehead atoms. The molecule has 1 unspecified atom stereocenters. The Kier molecular flexibility index (Phi) is 4.84. The molecule has 1 atom stereocenters. The van der Waals surface area contributed by atoms with E-state index in [0.717, 1.165) is 19.4 Å². The van der Waals surface area contributed by atoms with Crippen LogP contribution < -0.4 is 5.32 Å². The van der Waals surface area contributed by atoms with Gasteiger partial charge in [0.15, 0.2) is 0 Å². The van der Waals surface area contributed by atoms with E-state index < -0.39 is 0 Å². The zero-order valence-corrected chi connectivity index (χ0v) is 9.73. The van der Waals surface area contributed by atoms with Crippen molar-refractivity contribution in [3.05, 3.63) is 28.7 Å². The lowest BCUT2D eigenvalue weighted by molar-refractivity contribution is 0.557. The number of thiazole rings is 1. The van der Waals surface area contributed by atoms with Crippen LogP contribution in [0.5, 0.6) is 0 Å². The van der Waals surface area contributed by atoms with Gasteiger partial charge in [-0.05, 0) is 26.7 Å². The monoisotopic (exact) mass is 210 g/mol. The largest absolute Gasteiger partial charge is 0.314 e. The van der Waals surface area contributed by atoms with Crippen molar-refractivity contribution in [1.82, 2.24) is 10.3 Å². The highest BCUT2D eigenvalue weighted by molar-refractivity contribution is 7.09. The average Bonchev–Trinajstić information content (AvgIpc) is 2.52. The van der Waals surface area contributed by atoms with E-state index in [-0.39, 0.29) is 0 Å². The maximum Gasteiger partial charge on any atom is 0.0797 e. The molecular formula is C11H18N2S. The van der Waals surface area contributed by atoms with Crippen LogP contribution in [0, 0.1) is 6.92 Å². The summed E-state index contributed by atoms with van der Waals surface area (Å²) in [4.78, 5) is 5.62. The lowest BCUT2D eigenvalue weighted by atomic mass is 10.2. The predicted octanol–water partition coefficient (Wildman–Crippen LogP) is 2.55. The second-order valence-corrected chi connectivity index (χ2v) is 4.43. The Morgan fingerprint density at radius 2 is 2.50 bits per heavy atom. The summed E-state index contributed by atoms with van der Waals surface area (Å²) in [6.45, 7) is 9.00. The van der Waals surface area contributed by atoms with Gasteiger partial charge in [-0.25, -0.2) is 4.98 Å². The number of hydrogen-bond acceptors (Lipinski definition) is 3. The Morgan fingerprint density at radius 3 is 3.07 bits per heavy atom. The molecule has 1 heterocycles. The Hall–Kier alpha value is -0.670. The van der Waals surface area contributed by atoms with Crippen LogP contribution in [-0.2, 0) is 6.42 Å². The van der Waals surface area contributed by atoms with Crippen molar-refractivity contribution in [2.75, 3.05) is 6.54 Å². The standard InChI is InChI=1S/C11H18N2S/c1-4-5-9(2)12-7-6-11-10(3)13-8-14-11/h4,8-9,12H,1,5-7H2,2-3H3. The lowest BCUT2D eigenvalue weighted by Crippen LogP contribution is -2.27. The second kappa shape index (κ2) is 5.94. The molecule has 0 radical (unpaired) electrons. The fourth-order valence-corrected chi connectivity index (χ4v) is 2.11. The minimum atomic E-state index is 0.528. The van der Waals surface area contributed by atoms with Crippen molar-refractivity contribution in [3.63, 3.8) is 0 Å². The summed E-state index contributed by atoms with van der Waals surface area (Å²) in [6.07, 6.45) is 4.06. The summed E-state index contributed by atoms with van der Waals surface area (Å²) < 4.78 is 0. The number of rotatable bonds is 6. The van der Waals surface area contributed by atoms with Crippen molar-refractivity contribution in [1.29, 1.82) is 0 Å². The zero-order valence-electron chi connectivity index (χ0n) is 8.92. The summed E-state index contributed by atoms with van der Waals surface area (Å²) in [5, 5.41) is 3.46. The first-order chi connectivity index (χ1) is 6.74. The quantitative estimate of drug-likeness (QED) is 0.730. The van der Waals surface area contributed by atoms with Crippen molar-refractivity contribution < 1.29 is 0 Å². The summed E-state index contributed by atoms with van der Waals surface area (Å²) >= 11 is 1.74. The van der Waals surface area contributed by atoms with Crippen molar-refractivity contribution in [3.8, 4) is 0 Å². The van der Waals surface area contributed by atoms with Gasteiger partial charge >= 0.3 is 0 Å². The van der Waals surface area contributed by atoms with Crippen LogP contribution in [-0.4, -0.2) is 17.6 Å². The van der Waals surface area contributed by atoms with E-state index in [2.05, 4.69) is 30.7 Å². The molecule has 1 rings (SSSR count). The van der Waals surface area contributed by atoms with Gasteiger partial charge < -0.3 is 5.32 Å². The molecule has 0 spiro atoms. The minimum Gasteiger partial charge on any atom is -0.314 e. The summed E-state index contributed by atoms with van der Waals surface area (Å²) in [6, 6.07) is 0.528. The second-order valence-electron chi connectivity index (χ2n) is 3.49. The van der Waals surface area contributed by atoms with Crippen LogP contribution in [0.25, 0.3) is 0 Å². The summed E-state index contributed by atoms with van der Waals surface area (Å²) in [5.74, 6) is 0.